The lowest BCUT2D eigenvalue weighted by molar-refractivity contribution is -0.141. The summed E-state index contributed by atoms with van der Waals surface area (Å²) in [6.07, 6.45) is -0.0605. The SMILES string of the molecule is COC(=O)C[C@@H](N)c1ccc(Cl)cc1F.Cl. The molecule has 3 nitrogen and oxygen atoms in total. The highest BCUT2D eigenvalue weighted by Gasteiger charge is 2.15. The van der Waals surface area contributed by atoms with Crippen LogP contribution in [0.1, 0.15) is 18.0 Å². The van der Waals surface area contributed by atoms with E-state index in [1.165, 1.54) is 19.2 Å². The van der Waals surface area contributed by atoms with E-state index in [4.69, 9.17) is 17.3 Å². The molecule has 0 saturated carbocycles. The van der Waals surface area contributed by atoms with Crippen LogP contribution in [0.5, 0.6) is 0 Å². The van der Waals surface area contributed by atoms with Crippen molar-refractivity contribution in [1.29, 1.82) is 0 Å². The number of halogens is 3. The molecule has 0 aromatic heterocycles. The number of nitrogens with two attached hydrogens (primary N) is 1. The molecule has 1 rings (SSSR count). The zero-order valence-corrected chi connectivity index (χ0v) is 10.1. The topological polar surface area (TPSA) is 52.3 Å². The Kier molecular flexibility index (Phi) is 6.33. The van der Waals surface area contributed by atoms with Crippen LogP contribution in [-0.2, 0) is 9.53 Å². The number of benzene rings is 1. The number of carbonyl (C=O) groups excluding carboxylic acids is 1. The van der Waals surface area contributed by atoms with Crippen molar-refractivity contribution in [2.45, 2.75) is 12.5 Å². The Morgan fingerprint density at radius 3 is 2.75 bits per heavy atom. The first-order chi connectivity index (χ1) is 7.04. The van der Waals surface area contributed by atoms with E-state index < -0.39 is 17.8 Å². The summed E-state index contributed by atoms with van der Waals surface area (Å²) < 4.78 is 17.8. The van der Waals surface area contributed by atoms with Crippen molar-refractivity contribution in [2.24, 2.45) is 5.73 Å². The summed E-state index contributed by atoms with van der Waals surface area (Å²) >= 11 is 5.58. The Morgan fingerprint density at radius 2 is 2.25 bits per heavy atom. The van der Waals surface area contributed by atoms with Crippen molar-refractivity contribution in [1.82, 2.24) is 0 Å². The number of hydrogen-bond donors (Lipinski definition) is 1. The molecule has 0 bridgehead atoms. The van der Waals surface area contributed by atoms with Gasteiger partial charge in [-0.25, -0.2) is 4.39 Å². The number of hydrogen-bond acceptors (Lipinski definition) is 3. The molecule has 0 amide bonds. The second-order valence-corrected chi connectivity index (χ2v) is 3.49. The lowest BCUT2D eigenvalue weighted by atomic mass is 10.0. The van der Waals surface area contributed by atoms with Gasteiger partial charge in [0.25, 0.3) is 0 Å². The first-order valence-electron chi connectivity index (χ1n) is 4.32. The van der Waals surface area contributed by atoms with E-state index in [2.05, 4.69) is 4.74 Å². The summed E-state index contributed by atoms with van der Waals surface area (Å²) in [7, 11) is 1.26. The summed E-state index contributed by atoms with van der Waals surface area (Å²) in [5.41, 5.74) is 5.89. The molecule has 0 saturated heterocycles. The Labute approximate surface area is 104 Å². The molecule has 0 radical (unpaired) electrons. The third kappa shape index (κ3) is 3.96. The molecule has 1 aromatic rings. The summed E-state index contributed by atoms with van der Waals surface area (Å²) in [5.74, 6) is -0.990. The molecule has 0 aliphatic heterocycles. The predicted molar refractivity (Wildman–Crippen MR) is 62.2 cm³/mol. The molecule has 16 heavy (non-hydrogen) atoms. The normalized spacial score (nSPS) is 11.5. The number of carbonyl (C=O) groups is 1. The molecule has 0 aliphatic carbocycles. The zero-order valence-electron chi connectivity index (χ0n) is 8.57. The van der Waals surface area contributed by atoms with Gasteiger partial charge in [0, 0.05) is 16.6 Å². The Hall–Kier alpha value is -0.840. The largest absolute Gasteiger partial charge is 0.469 e. The number of ether oxygens (including phenoxy) is 1. The monoisotopic (exact) mass is 267 g/mol. The van der Waals surface area contributed by atoms with Crippen LogP contribution in [0.4, 0.5) is 4.39 Å². The summed E-state index contributed by atoms with van der Waals surface area (Å²) in [6.45, 7) is 0. The standard InChI is InChI=1S/C10H11ClFNO2.ClH/c1-15-10(14)5-9(13)7-3-2-6(11)4-8(7)12;/h2-4,9H,5,13H2,1H3;1H/t9-;/m1./s1. The van der Waals surface area contributed by atoms with Crippen LogP contribution in [0, 0.1) is 5.82 Å². The van der Waals surface area contributed by atoms with E-state index in [1.54, 1.807) is 0 Å². The minimum absolute atomic E-state index is 0. The summed E-state index contributed by atoms with van der Waals surface area (Å²) in [4.78, 5) is 10.9. The first-order valence-corrected chi connectivity index (χ1v) is 4.69. The van der Waals surface area contributed by atoms with Crippen LogP contribution in [0.3, 0.4) is 0 Å². The Balaban J connectivity index is 0.00000225. The van der Waals surface area contributed by atoms with Crippen LogP contribution in [0.15, 0.2) is 18.2 Å². The van der Waals surface area contributed by atoms with Gasteiger partial charge >= 0.3 is 5.97 Å². The first kappa shape index (κ1) is 15.2. The predicted octanol–water partition coefficient (Wildman–Crippen LogP) is 2.46. The highest BCUT2D eigenvalue weighted by Crippen LogP contribution is 2.21. The van der Waals surface area contributed by atoms with Gasteiger partial charge in [0.1, 0.15) is 5.82 Å². The van der Waals surface area contributed by atoms with E-state index in [-0.39, 0.29) is 24.4 Å². The quantitative estimate of drug-likeness (QED) is 0.857. The van der Waals surface area contributed by atoms with Gasteiger partial charge in [-0.3, -0.25) is 4.79 Å². The van der Waals surface area contributed by atoms with Gasteiger partial charge in [-0.15, -0.1) is 12.4 Å². The lowest BCUT2D eigenvalue weighted by Crippen LogP contribution is -2.17. The van der Waals surface area contributed by atoms with Crippen molar-refractivity contribution in [2.75, 3.05) is 7.11 Å². The van der Waals surface area contributed by atoms with Crippen LogP contribution in [-0.4, -0.2) is 13.1 Å². The van der Waals surface area contributed by atoms with E-state index in [1.807, 2.05) is 0 Å². The maximum absolute atomic E-state index is 13.3. The second-order valence-electron chi connectivity index (χ2n) is 3.05. The molecule has 0 spiro atoms. The molecule has 90 valence electrons. The second kappa shape index (κ2) is 6.68. The van der Waals surface area contributed by atoms with Gasteiger partial charge in [-0.1, -0.05) is 17.7 Å². The third-order valence-corrected chi connectivity index (χ3v) is 2.21. The van der Waals surface area contributed by atoms with E-state index in [9.17, 15) is 9.18 Å². The fraction of sp³-hybridized carbons (Fsp3) is 0.300. The Bertz CT molecular complexity index is 374. The minimum atomic E-state index is -0.713. The fourth-order valence-electron chi connectivity index (χ4n) is 1.18. The zero-order chi connectivity index (χ0) is 11.4. The van der Waals surface area contributed by atoms with E-state index >= 15 is 0 Å². The molecule has 0 heterocycles. The third-order valence-electron chi connectivity index (χ3n) is 1.98. The average Bonchev–Trinajstić information content (AvgIpc) is 2.17. The molecule has 1 atom stereocenters. The van der Waals surface area contributed by atoms with Crippen LogP contribution >= 0.6 is 24.0 Å². The van der Waals surface area contributed by atoms with Gasteiger partial charge in [0.2, 0.25) is 0 Å². The van der Waals surface area contributed by atoms with Crippen molar-refractivity contribution in [3.05, 3.63) is 34.6 Å². The minimum Gasteiger partial charge on any atom is -0.469 e. The Morgan fingerprint density at radius 1 is 1.62 bits per heavy atom. The lowest BCUT2D eigenvalue weighted by Gasteiger charge is -2.11. The fourth-order valence-corrected chi connectivity index (χ4v) is 1.33. The summed E-state index contributed by atoms with van der Waals surface area (Å²) in [6, 6.07) is 3.44. The van der Waals surface area contributed by atoms with Crippen molar-refractivity contribution < 1.29 is 13.9 Å². The molecular formula is C10H12Cl2FNO2. The van der Waals surface area contributed by atoms with Crippen molar-refractivity contribution in [3.63, 3.8) is 0 Å². The van der Waals surface area contributed by atoms with Crippen molar-refractivity contribution >= 4 is 30.0 Å². The smallest absolute Gasteiger partial charge is 0.307 e. The van der Waals surface area contributed by atoms with Gasteiger partial charge in [-0.2, -0.15) is 0 Å². The maximum Gasteiger partial charge on any atom is 0.307 e. The summed E-state index contributed by atoms with van der Waals surface area (Å²) in [5, 5.41) is 0.293. The molecule has 2 N–H and O–H groups in total. The number of esters is 1. The van der Waals surface area contributed by atoms with Gasteiger partial charge < -0.3 is 10.5 Å². The molecule has 0 unspecified atom stereocenters. The molecule has 0 aliphatic rings. The van der Waals surface area contributed by atoms with Gasteiger partial charge in [0.15, 0.2) is 0 Å². The molecule has 0 fully saturated rings. The van der Waals surface area contributed by atoms with Crippen LogP contribution in [0.2, 0.25) is 5.02 Å². The van der Waals surface area contributed by atoms with Gasteiger partial charge in [-0.05, 0) is 12.1 Å². The van der Waals surface area contributed by atoms with Gasteiger partial charge in [0.05, 0.1) is 13.5 Å². The van der Waals surface area contributed by atoms with E-state index in [0.717, 1.165) is 6.07 Å². The molecular weight excluding hydrogens is 256 g/mol. The number of rotatable bonds is 3. The average molecular weight is 268 g/mol. The molecule has 1 aromatic carbocycles. The molecule has 6 heteroatoms. The van der Waals surface area contributed by atoms with Crippen LogP contribution in [0.25, 0.3) is 0 Å². The van der Waals surface area contributed by atoms with Crippen LogP contribution < -0.4 is 5.73 Å². The number of methoxy groups -OCH3 is 1. The highest BCUT2D eigenvalue weighted by atomic mass is 35.5. The van der Waals surface area contributed by atoms with Crippen molar-refractivity contribution in [3.8, 4) is 0 Å². The highest BCUT2D eigenvalue weighted by molar-refractivity contribution is 6.30. The maximum atomic E-state index is 13.3. The van der Waals surface area contributed by atoms with E-state index in [0.29, 0.717) is 5.02 Å².